The fourth-order valence-corrected chi connectivity index (χ4v) is 1.47. The van der Waals surface area contributed by atoms with E-state index in [-0.39, 0.29) is 0 Å². The summed E-state index contributed by atoms with van der Waals surface area (Å²) in [5.74, 6) is 0.860. The summed E-state index contributed by atoms with van der Waals surface area (Å²) in [6.45, 7) is 3.53. The molecular weight excluding hydrogens is 252 g/mol. The Morgan fingerprint density at radius 2 is 1.95 bits per heavy atom. The summed E-state index contributed by atoms with van der Waals surface area (Å²) < 4.78 is 5.13. The number of nitrogens with zero attached hydrogens (tertiary/aromatic N) is 2. The summed E-state index contributed by atoms with van der Waals surface area (Å²) >= 11 is 0. The summed E-state index contributed by atoms with van der Waals surface area (Å²) in [5, 5.41) is 4.14. The zero-order chi connectivity index (χ0) is 14.8. The van der Waals surface area contributed by atoms with Gasteiger partial charge in [0, 0.05) is 6.54 Å². The number of methoxy groups -OCH3 is 1. The lowest BCUT2D eigenvalue weighted by atomic mass is 10.1. The highest BCUT2D eigenvalue weighted by molar-refractivity contribution is 5.97. The first-order valence-electron chi connectivity index (χ1n) is 6.81. The molecule has 0 heterocycles. The molecule has 0 bridgehead atoms. The van der Waals surface area contributed by atoms with E-state index in [1.807, 2.05) is 50.5 Å². The molecule has 0 aliphatic heterocycles. The molecule has 4 nitrogen and oxygen atoms in total. The molecule has 0 amide bonds. The molecule has 0 aromatic heterocycles. The van der Waals surface area contributed by atoms with Gasteiger partial charge in [0.25, 0.3) is 0 Å². The molecule has 0 saturated carbocycles. The van der Waals surface area contributed by atoms with Crippen molar-refractivity contribution in [3.05, 3.63) is 35.9 Å². The molecule has 0 atom stereocenters. The van der Waals surface area contributed by atoms with Crippen molar-refractivity contribution in [2.75, 3.05) is 34.4 Å². The monoisotopic (exact) mass is 276 g/mol. The van der Waals surface area contributed by atoms with Gasteiger partial charge >= 0.3 is 0 Å². The van der Waals surface area contributed by atoms with E-state index in [9.17, 15) is 0 Å². The molecule has 0 N–H and O–H groups in total. The minimum atomic E-state index is 0.604. The van der Waals surface area contributed by atoms with Crippen LogP contribution >= 0.6 is 0 Å². The number of likely N-dealkylation sites (N-methyl/N-ethyl adjacent to an activating group) is 1. The topological polar surface area (TPSA) is 34.1 Å². The summed E-state index contributed by atoms with van der Waals surface area (Å²) in [4.78, 5) is 7.36. The largest absolute Gasteiger partial charge is 0.497 e. The van der Waals surface area contributed by atoms with Gasteiger partial charge in [0.05, 0.1) is 12.8 Å². The lowest BCUT2D eigenvalue weighted by molar-refractivity contribution is 0.126. The van der Waals surface area contributed by atoms with E-state index in [0.717, 1.165) is 30.0 Å². The van der Waals surface area contributed by atoms with Crippen LogP contribution in [0.25, 0.3) is 6.08 Å². The quantitative estimate of drug-likeness (QED) is 0.416. The van der Waals surface area contributed by atoms with Crippen LogP contribution < -0.4 is 4.74 Å². The molecule has 110 valence electrons. The molecule has 1 rings (SSSR count). The second-order valence-electron chi connectivity index (χ2n) is 4.68. The molecule has 0 aliphatic carbocycles. The van der Waals surface area contributed by atoms with Crippen molar-refractivity contribution in [1.82, 2.24) is 4.90 Å². The average molecular weight is 276 g/mol. The lowest BCUT2D eigenvalue weighted by Crippen LogP contribution is -2.17. The van der Waals surface area contributed by atoms with Gasteiger partial charge in [-0.25, -0.2) is 0 Å². The van der Waals surface area contributed by atoms with Crippen molar-refractivity contribution in [1.29, 1.82) is 0 Å². The average Bonchev–Trinajstić information content (AvgIpc) is 2.47. The molecule has 0 saturated heterocycles. The summed E-state index contributed by atoms with van der Waals surface area (Å²) in [7, 11) is 5.69. The van der Waals surface area contributed by atoms with Crippen LogP contribution in [0.5, 0.6) is 5.75 Å². The smallest absolute Gasteiger partial charge is 0.129 e. The Bertz CT molecular complexity index is 436. The third kappa shape index (κ3) is 6.38. The fourth-order valence-electron chi connectivity index (χ4n) is 1.47. The number of benzene rings is 1. The number of ether oxygens (including phenoxy) is 1. The van der Waals surface area contributed by atoms with E-state index in [0.29, 0.717) is 6.61 Å². The van der Waals surface area contributed by atoms with Gasteiger partial charge in [0.2, 0.25) is 0 Å². The maximum atomic E-state index is 5.30. The Morgan fingerprint density at radius 1 is 1.25 bits per heavy atom. The Balaban J connectivity index is 2.53. The van der Waals surface area contributed by atoms with Crippen molar-refractivity contribution < 1.29 is 9.57 Å². The Kier molecular flexibility index (Phi) is 7.43. The van der Waals surface area contributed by atoms with Gasteiger partial charge in [0.1, 0.15) is 12.4 Å². The Labute approximate surface area is 121 Å². The number of rotatable bonds is 8. The normalized spacial score (nSPS) is 12.2. The van der Waals surface area contributed by atoms with E-state index in [1.54, 1.807) is 7.11 Å². The van der Waals surface area contributed by atoms with Crippen LogP contribution in [0.2, 0.25) is 0 Å². The molecule has 0 spiro atoms. The van der Waals surface area contributed by atoms with Gasteiger partial charge < -0.3 is 14.5 Å². The van der Waals surface area contributed by atoms with Crippen molar-refractivity contribution in [2.45, 2.75) is 13.3 Å². The van der Waals surface area contributed by atoms with Crippen LogP contribution in [-0.4, -0.2) is 45.0 Å². The second kappa shape index (κ2) is 9.15. The van der Waals surface area contributed by atoms with E-state index in [2.05, 4.69) is 17.0 Å². The first-order chi connectivity index (χ1) is 9.65. The highest BCUT2D eigenvalue weighted by Crippen LogP contribution is 2.12. The molecule has 0 fully saturated rings. The second-order valence-corrected chi connectivity index (χ2v) is 4.68. The van der Waals surface area contributed by atoms with Crippen LogP contribution in [0.15, 0.2) is 35.5 Å². The third-order valence-corrected chi connectivity index (χ3v) is 2.76. The van der Waals surface area contributed by atoms with Crippen LogP contribution in [0.4, 0.5) is 0 Å². The highest BCUT2D eigenvalue weighted by atomic mass is 16.6. The first kappa shape index (κ1) is 16.2. The molecule has 1 aromatic carbocycles. The molecule has 1 aromatic rings. The molecule has 20 heavy (non-hydrogen) atoms. The van der Waals surface area contributed by atoms with Crippen molar-refractivity contribution in [2.24, 2.45) is 5.16 Å². The minimum absolute atomic E-state index is 0.604. The highest BCUT2D eigenvalue weighted by Gasteiger charge is 1.94. The van der Waals surface area contributed by atoms with Gasteiger partial charge in [-0.1, -0.05) is 30.3 Å². The van der Waals surface area contributed by atoms with Gasteiger partial charge in [0.15, 0.2) is 0 Å². The van der Waals surface area contributed by atoms with E-state index in [1.165, 1.54) is 0 Å². The summed E-state index contributed by atoms with van der Waals surface area (Å²) in [6.07, 6.45) is 4.85. The zero-order valence-corrected chi connectivity index (χ0v) is 12.8. The zero-order valence-electron chi connectivity index (χ0n) is 12.8. The van der Waals surface area contributed by atoms with Crippen molar-refractivity contribution in [3.8, 4) is 5.75 Å². The lowest BCUT2D eigenvalue weighted by Gasteiger charge is -2.07. The summed E-state index contributed by atoms with van der Waals surface area (Å²) in [5.41, 5.74) is 2.04. The Morgan fingerprint density at radius 3 is 2.50 bits per heavy atom. The predicted octanol–water partition coefficient (Wildman–Crippen LogP) is 3.05. The summed E-state index contributed by atoms with van der Waals surface area (Å²) in [6, 6.07) is 7.90. The van der Waals surface area contributed by atoms with Gasteiger partial charge in [-0.15, -0.1) is 0 Å². The minimum Gasteiger partial charge on any atom is -0.497 e. The molecule has 0 aliphatic rings. The molecule has 4 heteroatoms. The van der Waals surface area contributed by atoms with Crippen LogP contribution in [-0.2, 0) is 4.84 Å². The van der Waals surface area contributed by atoms with Gasteiger partial charge in [-0.3, -0.25) is 0 Å². The number of oxime groups is 1. The van der Waals surface area contributed by atoms with E-state index >= 15 is 0 Å². The molecular formula is C16H24N2O2. The van der Waals surface area contributed by atoms with Crippen LogP contribution in [0.1, 0.15) is 18.9 Å². The maximum Gasteiger partial charge on any atom is 0.129 e. The van der Waals surface area contributed by atoms with Crippen LogP contribution in [0.3, 0.4) is 0 Å². The standard InChI is InChI=1S/C16H24N2O2/c1-5-15(17-20-13-12-18(2)3)9-6-14-7-10-16(19-4)11-8-14/h6-11H,5,12-13H2,1-4H3/b9-6-,17-15+. The fraction of sp³-hybridized carbons (Fsp3) is 0.438. The Hall–Kier alpha value is -1.81. The van der Waals surface area contributed by atoms with Crippen LogP contribution in [0, 0.1) is 0 Å². The van der Waals surface area contributed by atoms with E-state index in [4.69, 9.17) is 9.57 Å². The number of hydrogen-bond acceptors (Lipinski definition) is 4. The SMILES string of the molecule is CCC(/C=C\c1ccc(OC)cc1)=N\OCCN(C)C. The van der Waals surface area contributed by atoms with E-state index < -0.39 is 0 Å². The number of hydrogen-bond donors (Lipinski definition) is 0. The van der Waals surface area contributed by atoms with Crippen molar-refractivity contribution in [3.63, 3.8) is 0 Å². The van der Waals surface area contributed by atoms with Gasteiger partial charge in [-0.05, 0) is 44.3 Å². The number of allylic oxidation sites excluding steroid dienone is 1. The van der Waals surface area contributed by atoms with Crippen molar-refractivity contribution >= 4 is 11.8 Å². The molecule has 0 radical (unpaired) electrons. The predicted molar refractivity (Wildman–Crippen MR) is 84.3 cm³/mol. The molecule has 0 unspecified atom stereocenters. The third-order valence-electron chi connectivity index (χ3n) is 2.76. The first-order valence-corrected chi connectivity index (χ1v) is 6.81. The van der Waals surface area contributed by atoms with Gasteiger partial charge in [-0.2, -0.15) is 0 Å². The maximum absolute atomic E-state index is 5.30.